The van der Waals surface area contributed by atoms with E-state index in [4.69, 9.17) is 0 Å². The fourth-order valence-corrected chi connectivity index (χ4v) is 2.43. The van der Waals surface area contributed by atoms with E-state index in [1.807, 2.05) is 0 Å². The Labute approximate surface area is 134 Å². The van der Waals surface area contributed by atoms with Gasteiger partial charge in [-0.1, -0.05) is 24.3 Å². The number of para-hydroxylation sites is 1. The maximum atomic E-state index is 13.5. The van der Waals surface area contributed by atoms with Gasteiger partial charge in [0.15, 0.2) is 0 Å². The van der Waals surface area contributed by atoms with Crippen LogP contribution in [0.15, 0.2) is 48.5 Å². The maximum Gasteiger partial charge on any atom is 0.255 e. The van der Waals surface area contributed by atoms with Crippen LogP contribution < -0.4 is 10.0 Å². The average Bonchev–Trinajstić information content (AvgIpc) is 2.49. The van der Waals surface area contributed by atoms with E-state index in [0.717, 1.165) is 11.8 Å². The van der Waals surface area contributed by atoms with Crippen molar-refractivity contribution in [2.45, 2.75) is 6.42 Å². The fraction of sp³-hybridized carbons (Fsp3) is 0.188. The third kappa shape index (κ3) is 5.46. The van der Waals surface area contributed by atoms with E-state index in [-0.39, 0.29) is 5.69 Å². The molecule has 122 valence electrons. The van der Waals surface area contributed by atoms with Crippen molar-refractivity contribution in [1.82, 2.24) is 4.72 Å². The molecule has 0 saturated carbocycles. The number of anilines is 1. The van der Waals surface area contributed by atoms with Crippen molar-refractivity contribution in [1.29, 1.82) is 0 Å². The molecular weight excluding hydrogens is 319 g/mol. The topological polar surface area (TPSA) is 75.3 Å². The number of rotatable bonds is 6. The zero-order valence-corrected chi connectivity index (χ0v) is 13.4. The molecule has 5 nitrogen and oxygen atoms in total. The Morgan fingerprint density at radius 3 is 2.35 bits per heavy atom. The Bertz CT molecular complexity index is 789. The summed E-state index contributed by atoms with van der Waals surface area (Å²) in [4.78, 5) is 12.1. The van der Waals surface area contributed by atoms with E-state index in [9.17, 15) is 17.6 Å². The van der Waals surface area contributed by atoms with Crippen molar-refractivity contribution in [2.75, 3.05) is 18.1 Å². The van der Waals surface area contributed by atoms with E-state index in [2.05, 4.69) is 10.0 Å². The molecule has 0 aliphatic rings. The summed E-state index contributed by atoms with van der Waals surface area (Å²) in [5.41, 5.74) is 1.41. The molecule has 0 atom stereocenters. The van der Waals surface area contributed by atoms with Crippen molar-refractivity contribution < 1.29 is 17.6 Å². The van der Waals surface area contributed by atoms with E-state index < -0.39 is 21.7 Å². The predicted octanol–water partition coefficient (Wildman–Crippen LogP) is 2.17. The summed E-state index contributed by atoms with van der Waals surface area (Å²) in [5.74, 6) is -0.903. The van der Waals surface area contributed by atoms with Crippen molar-refractivity contribution in [2.24, 2.45) is 0 Å². The molecule has 2 N–H and O–H groups in total. The van der Waals surface area contributed by atoms with Crippen molar-refractivity contribution in [3.63, 3.8) is 0 Å². The molecule has 0 aromatic heterocycles. The van der Waals surface area contributed by atoms with Crippen LogP contribution in [0.2, 0.25) is 0 Å². The summed E-state index contributed by atoms with van der Waals surface area (Å²) in [6, 6.07) is 12.6. The van der Waals surface area contributed by atoms with Gasteiger partial charge in [-0.25, -0.2) is 17.5 Å². The van der Waals surface area contributed by atoms with Crippen LogP contribution >= 0.6 is 0 Å². The number of hydrogen-bond donors (Lipinski definition) is 2. The van der Waals surface area contributed by atoms with Crippen LogP contribution in [0.5, 0.6) is 0 Å². The third-order valence-electron chi connectivity index (χ3n) is 3.12. The Morgan fingerprint density at radius 1 is 1.09 bits per heavy atom. The van der Waals surface area contributed by atoms with Crippen LogP contribution in [0.3, 0.4) is 0 Å². The third-order valence-corrected chi connectivity index (χ3v) is 3.84. The smallest absolute Gasteiger partial charge is 0.255 e. The van der Waals surface area contributed by atoms with Gasteiger partial charge in [-0.15, -0.1) is 0 Å². The molecule has 23 heavy (non-hydrogen) atoms. The number of nitrogens with one attached hydrogen (secondary N) is 2. The summed E-state index contributed by atoms with van der Waals surface area (Å²) in [6.07, 6.45) is 1.62. The van der Waals surface area contributed by atoms with Gasteiger partial charge in [0.2, 0.25) is 10.0 Å². The first-order valence-corrected chi connectivity index (χ1v) is 8.84. The molecule has 0 radical (unpaired) electrons. The first kappa shape index (κ1) is 17.1. The van der Waals surface area contributed by atoms with Gasteiger partial charge in [0.25, 0.3) is 5.91 Å². The summed E-state index contributed by atoms with van der Waals surface area (Å²) in [6.45, 7) is 0.291. The lowest BCUT2D eigenvalue weighted by Gasteiger charge is -2.07. The lowest BCUT2D eigenvalue weighted by molar-refractivity contribution is 0.102. The molecule has 0 heterocycles. The Hall–Kier alpha value is -2.25. The molecule has 2 aromatic carbocycles. The fourth-order valence-electron chi connectivity index (χ4n) is 1.96. The van der Waals surface area contributed by atoms with Crippen LogP contribution in [-0.4, -0.2) is 27.1 Å². The highest BCUT2D eigenvalue weighted by molar-refractivity contribution is 7.88. The second-order valence-corrected chi connectivity index (χ2v) is 6.88. The van der Waals surface area contributed by atoms with Gasteiger partial charge in [0.1, 0.15) is 5.82 Å². The lowest BCUT2D eigenvalue weighted by Crippen LogP contribution is -2.24. The molecule has 0 unspecified atom stereocenters. The van der Waals surface area contributed by atoms with Crippen LogP contribution in [0, 0.1) is 5.82 Å². The monoisotopic (exact) mass is 336 g/mol. The molecular formula is C16H17FN2O3S. The van der Waals surface area contributed by atoms with Gasteiger partial charge in [0, 0.05) is 12.1 Å². The quantitative estimate of drug-likeness (QED) is 0.849. The minimum atomic E-state index is -3.20. The molecule has 0 fully saturated rings. The Morgan fingerprint density at radius 2 is 1.74 bits per heavy atom. The summed E-state index contributed by atoms with van der Waals surface area (Å²) < 4.78 is 37.8. The summed E-state index contributed by atoms with van der Waals surface area (Å²) >= 11 is 0. The number of halogens is 1. The number of amides is 1. The zero-order valence-electron chi connectivity index (χ0n) is 12.5. The molecule has 2 rings (SSSR count). The number of carbonyl (C=O) groups is 1. The van der Waals surface area contributed by atoms with Crippen LogP contribution in [0.25, 0.3) is 0 Å². The van der Waals surface area contributed by atoms with E-state index in [1.165, 1.54) is 12.1 Å². The van der Waals surface area contributed by atoms with Gasteiger partial charge in [0.05, 0.1) is 11.9 Å². The number of benzene rings is 2. The number of carbonyl (C=O) groups excluding carboxylic acids is 1. The number of sulfonamides is 1. The molecule has 0 spiro atoms. The Balaban J connectivity index is 1.96. The average molecular weight is 336 g/mol. The highest BCUT2D eigenvalue weighted by atomic mass is 32.2. The highest BCUT2D eigenvalue weighted by Gasteiger charge is 2.09. The second kappa shape index (κ2) is 7.34. The van der Waals surface area contributed by atoms with Gasteiger partial charge in [-0.2, -0.15) is 0 Å². The predicted molar refractivity (Wildman–Crippen MR) is 87.3 cm³/mol. The lowest BCUT2D eigenvalue weighted by atomic mass is 10.1. The van der Waals surface area contributed by atoms with Gasteiger partial charge in [-0.05, 0) is 36.2 Å². The van der Waals surface area contributed by atoms with Crippen LogP contribution in [0.4, 0.5) is 10.1 Å². The molecule has 0 aliphatic carbocycles. The second-order valence-electron chi connectivity index (χ2n) is 5.05. The number of hydrogen-bond acceptors (Lipinski definition) is 3. The first-order valence-electron chi connectivity index (χ1n) is 6.94. The van der Waals surface area contributed by atoms with Crippen molar-refractivity contribution in [3.8, 4) is 0 Å². The van der Waals surface area contributed by atoms with Gasteiger partial charge >= 0.3 is 0 Å². The van der Waals surface area contributed by atoms with E-state index in [0.29, 0.717) is 18.5 Å². The minimum Gasteiger partial charge on any atom is -0.319 e. The molecule has 0 saturated heterocycles. The normalized spacial score (nSPS) is 11.2. The van der Waals surface area contributed by atoms with E-state index in [1.54, 1.807) is 36.4 Å². The molecule has 0 aliphatic heterocycles. The largest absolute Gasteiger partial charge is 0.319 e. The van der Waals surface area contributed by atoms with Gasteiger partial charge < -0.3 is 5.32 Å². The Kier molecular flexibility index (Phi) is 5.46. The molecule has 0 bridgehead atoms. The minimum absolute atomic E-state index is 0.124. The summed E-state index contributed by atoms with van der Waals surface area (Å²) in [5, 5.41) is 2.50. The van der Waals surface area contributed by atoms with E-state index >= 15 is 0 Å². The van der Waals surface area contributed by atoms with Crippen molar-refractivity contribution in [3.05, 3.63) is 65.5 Å². The van der Waals surface area contributed by atoms with Crippen LogP contribution in [-0.2, 0) is 16.4 Å². The molecule has 1 amide bonds. The summed E-state index contributed by atoms with van der Waals surface area (Å²) in [7, 11) is -3.20. The maximum absolute atomic E-state index is 13.5. The molecule has 7 heteroatoms. The SMILES string of the molecule is CS(=O)(=O)NCCc1ccc(C(=O)Nc2ccccc2F)cc1. The first-order chi connectivity index (χ1) is 10.8. The standard InChI is InChI=1S/C16H17FN2O3S/c1-23(21,22)18-11-10-12-6-8-13(9-7-12)16(20)19-15-5-3-2-4-14(15)17/h2-9,18H,10-11H2,1H3,(H,19,20). The van der Waals surface area contributed by atoms with Gasteiger partial charge in [-0.3, -0.25) is 4.79 Å². The van der Waals surface area contributed by atoms with Crippen molar-refractivity contribution >= 4 is 21.6 Å². The highest BCUT2D eigenvalue weighted by Crippen LogP contribution is 2.14. The van der Waals surface area contributed by atoms with Crippen LogP contribution in [0.1, 0.15) is 15.9 Å². The zero-order chi connectivity index (χ0) is 16.9. The molecule has 2 aromatic rings.